The first-order valence-corrected chi connectivity index (χ1v) is 6.65. The van der Waals surface area contributed by atoms with Crippen LogP contribution in [0.1, 0.15) is 17.3 Å². The van der Waals surface area contributed by atoms with Gasteiger partial charge in [-0.15, -0.1) is 0 Å². The van der Waals surface area contributed by atoms with Crippen LogP contribution < -0.4 is 0 Å². The van der Waals surface area contributed by atoms with Gasteiger partial charge >= 0.3 is 5.97 Å². The molecule has 0 aliphatic rings. The molecule has 22 heavy (non-hydrogen) atoms. The van der Waals surface area contributed by atoms with Gasteiger partial charge in [-0.05, 0) is 18.2 Å². The van der Waals surface area contributed by atoms with Crippen LogP contribution in [-0.4, -0.2) is 28.8 Å². The number of hydrogen-bond acceptors (Lipinski definition) is 4. The summed E-state index contributed by atoms with van der Waals surface area (Å²) < 4.78 is 6.15. The molecular weight excluding hydrogens is 282 g/mol. The van der Waals surface area contributed by atoms with Crippen LogP contribution in [-0.2, 0) is 14.3 Å². The molecule has 0 spiro atoms. The molecular formula is C17H15NO4. The number of aromatic nitrogens is 1. The molecule has 0 aliphatic heterocycles. The zero-order chi connectivity index (χ0) is 16.1. The Balaban J connectivity index is 2.30. The summed E-state index contributed by atoms with van der Waals surface area (Å²) in [7, 11) is 0. The van der Waals surface area contributed by atoms with Crippen LogP contribution in [0.3, 0.4) is 0 Å². The van der Waals surface area contributed by atoms with Crippen molar-refractivity contribution in [3.63, 3.8) is 0 Å². The maximum atomic E-state index is 11.6. The summed E-state index contributed by atoms with van der Waals surface area (Å²) in [6.45, 7) is 4.84. The number of carbonyl (C=O) groups is 3. The number of ketones is 1. The minimum atomic E-state index is -0.938. The van der Waals surface area contributed by atoms with Gasteiger partial charge in [0.1, 0.15) is 6.61 Å². The minimum Gasteiger partial charge on any atom is -0.455 e. The summed E-state index contributed by atoms with van der Waals surface area (Å²) in [5.74, 6) is -1.83. The normalized spacial score (nSPS) is 10.8. The van der Waals surface area contributed by atoms with Crippen molar-refractivity contribution in [3.05, 3.63) is 54.8 Å². The number of esters is 1. The topological polar surface area (TPSA) is 65.4 Å². The lowest BCUT2D eigenvalue weighted by molar-refractivity contribution is -0.150. The number of hydrogen-bond donors (Lipinski definition) is 0. The number of ether oxygens (including phenoxy) is 1. The third kappa shape index (κ3) is 3.20. The lowest BCUT2D eigenvalue weighted by Crippen LogP contribution is -2.14. The second kappa shape index (κ2) is 6.67. The van der Waals surface area contributed by atoms with Crippen molar-refractivity contribution in [1.82, 2.24) is 4.57 Å². The van der Waals surface area contributed by atoms with E-state index in [9.17, 15) is 14.4 Å². The number of carbonyl (C=O) groups excluding carboxylic acids is 3. The smallest absolute Gasteiger partial charge is 0.379 e. The number of para-hydroxylation sites is 1. The Morgan fingerprint density at radius 2 is 2.00 bits per heavy atom. The van der Waals surface area contributed by atoms with Crippen LogP contribution in [0.5, 0.6) is 0 Å². The third-order valence-corrected chi connectivity index (χ3v) is 3.03. The fraction of sp³-hybridized carbons (Fsp3) is 0.118. The van der Waals surface area contributed by atoms with Gasteiger partial charge in [-0.2, -0.15) is 0 Å². The van der Waals surface area contributed by atoms with E-state index < -0.39 is 11.8 Å². The van der Waals surface area contributed by atoms with Crippen molar-refractivity contribution in [3.8, 4) is 0 Å². The standard InChI is InChI=1S/C17H15NO4/c1-3-10-22-17(21)16(20)9-8-13-11-18(12(2)19)15-7-5-4-6-14(13)15/h3-9,11H,1,10H2,2H3/b9-8+. The summed E-state index contributed by atoms with van der Waals surface area (Å²) >= 11 is 0. The molecule has 0 amide bonds. The van der Waals surface area contributed by atoms with Gasteiger partial charge in [-0.25, -0.2) is 4.79 Å². The molecule has 0 N–H and O–H groups in total. The van der Waals surface area contributed by atoms with E-state index in [1.165, 1.54) is 23.6 Å². The first-order chi connectivity index (χ1) is 10.5. The van der Waals surface area contributed by atoms with Gasteiger partial charge in [-0.1, -0.05) is 30.9 Å². The molecule has 1 heterocycles. The van der Waals surface area contributed by atoms with Crippen molar-refractivity contribution >= 4 is 34.6 Å². The van der Waals surface area contributed by atoms with Crippen LogP contribution in [0.15, 0.2) is 49.2 Å². The van der Waals surface area contributed by atoms with Crippen molar-refractivity contribution in [2.75, 3.05) is 6.61 Å². The maximum Gasteiger partial charge on any atom is 0.379 e. The number of rotatable bonds is 5. The molecule has 0 saturated heterocycles. The zero-order valence-corrected chi connectivity index (χ0v) is 12.1. The molecule has 0 bridgehead atoms. The molecule has 0 fully saturated rings. The maximum absolute atomic E-state index is 11.6. The van der Waals surface area contributed by atoms with Crippen molar-refractivity contribution in [1.29, 1.82) is 0 Å². The number of fused-ring (bicyclic) bond motifs is 1. The molecule has 1 aromatic heterocycles. The quantitative estimate of drug-likeness (QED) is 0.368. The van der Waals surface area contributed by atoms with E-state index in [2.05, 4.69) is 11.3 Å². The van der Waals surface area contributed by atoms with Gasteiger partial charge in [0.15, 0.2) is 0 Å². The van der Waals surface area contributed by atoms with Crippen LogP contribution >= 0.6 is 0 Å². The molecule has 2 aromatic rings. The Kier molecular flexibility index (Phi) is 4.68. The predicted octanol–water partition coefficient (Wildman–Crippen LogP) is 2.61. The molecule has 0 unspecified atom stereocenters. The molecule has 5 nitrogen and oxygen atoms in total. The summed E-state index contributed by atoms with van der Waals surface area (Å²) in [4.78, 5) is 34.6. The highest BCUT2D eigenvalue weighted by molar-refractivity contribution is 6.39. The Morgan fingerprint density at radius 1 is 1.27 bits per heavy atom. The molecule has 0 atom stereocenters. The Labute approximate surface area is 127 Å². The van der Waals surface area contributed by atoms with Gasteiger partial charge < -0.3 is 4.74 Å². The van der Waals surface area contributed by atoms with Gasteiger partial charge in [-0.3, -0.25) is 14.2 Å². The fourth-order valence-corrected chi connectivity index (χ4v) is 2.04. The average Bonchev–Trinajstić information content (AvgIpc) is 2.89. The highest BCUT2D eigenvalue weighted by Crippen LogP contribution is 2.22. The first-order valence-electron chi connectivity index (χ1n) is 6.65. The molecule has 0 saturated carbocycles. The minimum absolute atomic E-state index is 0.0118. The zero-order valence-electron chi connectivity index (χ0n) is 12.1. The highest BCUT2D eigenvalue weighted by atomic mass is 16.5. The summed E-state index contributed by atoms with van der Waals surface area (Å²) in [6, 6.07) is 7.32. The van der Waals surface area contributed by atoms with Gasteiger partial charge in [0.2, 0.25) is 5.91 Å². The lowest BCUT2D eigenvalue weighted by atomic mass is 10.1. The molecule has 1 aromatic carbocycles. The first kappa shape index (κ1) is 15.4. The van der Waals surface area contributed by atoms with E-state index >= 15 is 0 Å². The average molecular weight is 297 g/mol. The van der Waals surface area contributed by atoms with Crippen LogP contribution in [0.4, 0.5) is 0 Å². The van der Waals surface area contributed by atoms with E-state index in [-0.39, 0.29) is 12.5 Å². The van der Waals surface area contributed by atoms with Crippen LogP contribution in [0.25, 0.3) is 17.0 Å². The molecule has 0 radical (unpaired) electrons. The molecule has 2 rings (SSSR count). The number of benzene rings is 1. The van der Waals surface area contributed by atoms with Gasteiger partial charge in [0, 0.05) is 24.1 Å². The van der Waals surface area contributed by atoms with Crippen molar-refractivity contribution < 1.29 is 19.1 Å². The van der Waals surface area contributed by atoms with Gasteiger partial charge in [0.25, 0.3) is 5.78 Å². The second-order valence-corrected chi connectivity index (χ2v) is 4.58. The Bertz CT molecular complexity index is 783. The van der Waals surface area contributed by atoms with E-state index in [0.717, 1.165) is 17.0 Å². The van der Waals surface area contributed by atoms with E-state index in [1.54, 1.807) is 6.20 Å². The lowest BCUT2D eigenvalue weighted by Gasteiger charge is -1.97. The van der Waals surface area contributed by atoms with Crippen LogP contribution in [0.2, 0.25) is 0 Å². The largest absolute Gasteiger partial charge is 0.455 e. The predicted molar refractivity (Wildman–Crippen MR) is 83.4 cm³/mol. The summed E-state index contributed by atoms with van der Waals surface area (Å²) in [5, 5.41) is 0.821. The number of nitrogens with zero attached hydrogens (tertiary/aromatic N) is 1. The second-order valence-electron chi connectivity index (χ2n) is 4.58. The summed E-state index contributed by atoms with van der Waals surface area (Å²) in [6.07, 6.45) is 5.65. The molecule has 112 valence electrons. The van der Waals surface area contributed by atoms with Crippen molar-refractivity contribution in [2.24, 2.45) is 0 Å². The van der Waals surface area contributed by atoms with E-state index in [0.29, 0.717) is 5.56 Å². The van der Waals surface area contributed by atoms with Crippen molar-refractivity contribution in [2.45, 2.75) is 6.92 Å². The SMILES string of the molecule is C=CCOC(=O)C(=O)/C=C/c1cn(C(C)=O)c2ccccc12. The molecule has 5 heteroatoms. The van der Waals surface area contributed by atoms with Crippen LogP contribution in [0, 0.1) is 0 Å². The monoisotopic (exact) mass is 297 g/mol. The Hall–Kier alpha value is -2.95. The molecule has 0 aliphatic carbocycles. The highest BCUT2D eigenvalue weighted by Gasteiger charge is 2.12. The van der Waals surface area contributed by atoms with Gasteiger partial charge in [0.05, 0.1) is 5.52 Å². The van der Waals surface area contributed by atoms with E-state index in [1.807, 2.05) is 24.3 Å². The third-order valence-electron chi connectivity index (χ3n) is 3.03. The summed E-state index contributed by atoms with van der Waals surface area (Å²) in [5.41, 5.74) is 1.42. The fourth-order valence-electron chi connectivity index (χ4n) is 2.04. The Morgan fingerprint density at radius 3 is 2.68 bits per heavy atom. The van der Waals surface area contributed by atoms with E-state index in [4.69, 9.17) is 0 Å².